The van der Waals surface area contributed by atoms with Gasteiger partial charge in [0, 0.05) is 6.54 Å². The van der Waals surface area contributed by atoms with Crippen molar-refractivity contribution in [1.82, 2.24) is 4.90 Å². The molecule has 2 nitrogen and oxygen atoms in total. The smallest absolute Gasteiger partial charge is 0.0580 e. The summed E-state index contributed by atoms with van der Waals surface area (Å²) in [6, 6.07) is 0. The number of hydrogen-bond acceptors (Lipinski definition) is 2. The fourth-order valence-corrected chi connectivity index (χ4v) is 2.05. The number of nitrogens with zero attached hydrogens (tertiary/aromatic N) is 1. The zero-order valence-corrected chi connectivity index (χ0v) is 8.29. The van der Waals surface area contributed by atoms with Crippen LogP contribution in [0.1, 0.15) is 32.1 Å². The molecule has 1 N–H and O–H groups in total. The van der Waals surface area contributed by atoms with E-state index in [1.54, 1.807) is 0 Å². The summed E-state index contributed by atoms with van der Waals surface area (Å²) in [6.07, 6.45) is 5.99. The SMILES string of the molecule is CN(C)C[C@@H]1CCCCC[C@H]1O. The van der Waals surface area contributed by atoms with Crippen LogP contribution < -0.4 is 0 Å². The molecule has 0 aromatic rings. The van der Waals surface area contributed by atoms with Crippen LogP contribution in [0.5, 0.6) is 0 Å². The summed E-state index contributed by atoms with van der Waals surface area (Å²) in [5, 5.41) is 9.77. The van der Waals surface area contributed by atoms with Crippen LogP contribution in [0.4, 0.5) is 0 Å². The minimum Gasteiger partial charge on any atom is -0.393 e. The van der Waals surface area contributed by atoms with Crippen molar-refractivity contribution in [2.45, 2.75) is 38.2 Å². The highest BCUT2D eigenvalue weighted by molar-refractivity contribution is 4.74. The number of aliphatic hydroxyl groups excluding tert-OH is 1. The van der Waals surface area contributed by atoms with Crippen molar-refractivity contribution in [1.29, 1.82) is 0 Å². The minimum atomic E-state index is -0.0464. The lowest BCUT2D eigenvalue weighted by atomic mass is 9.97. The molecule has 12 heavy (non-hydrogen) atoms. The summed E-state index contributed by atoms with van der Waals surface area (Å²) in [6.45, 7) is 1.04. The number of rotatable bonds is 2. The lowest BCUT2D eigenvalue weighted by Crippen LogP contribution is -2.30. The lowest BCUT2D eigenvalue weighted by Gasteiger charge is -2.23. The zero-order valence-electron chi connectivity index (χ0n) is 8.29. The normalized spacial score (nSPS) is 32.0. The molecule has 72 valence electrons. The van der Waals surface area contributed by atoms with Gasteiger partial charge >= 0.3 is 0 Å². The van der Waals surface area contributed by atoms with E-state index in [1.807, 2.05) is 0 Å². The fourth-order valence-electron chi connectivity index (χ4n) is 2.05. The Balaban J connectivity index is 2.36. The maximum Gasteiger partial charge on any atom is 0.0580 e. The van der Waals surface area contributed by atoms with E-state index in [4.69, 9.17) is 0 Å². The van der Waals surface area contributed by atoms with Crippen molar-refractivity contribution in [2.24, 2.45) is 5.92 Å². The van der Waals surface area contributed by atoms with E-state index in [2.05, 4.69) is 19.0 Å². The highest BCUT2D eigenvalue weighted by Crippen LogP contribution is 2.23. The van der Waals surface area contributed by atoms with Gasteiger partial charge in [-0.2, -0.15) is 0 Å². The highest BCUT2D eigenvalue weighted by atomic mass is 16.3. The number of hydrogen-bond donors (Lipinski definition) is 1. The second-order valence-corrected chi connectivity index (χ2v) is 4.23. The van der Waals surface area contributed by atoms with Crippen molar-refractivity contribution in [3.05, 3.63) is 0 Å². The topological polar surface area (TPSA) is 23.5 Å². The van der Waals surface area contributed by atoms with E-state index in [9.17, 15) is 5.11 Å². The molecule has 1 aliphatic rings. The average Bonchev–Trinajstić information content (AvgIpc) is 2.16. The van der Waals surface area contributed by atoms with Gasteiger partial charge in [-0.3, -0.25) is 0 Å². The molecule has 0 aliphatic heterocycles. The molecule has 0 saturated heterocycles. The molecule has 0 radical (unpaired) electrons. The summed E-state index contributed by atoms with van der Waals surface area (Å²) in [7, 11) is 4.16. The van der Waals surface area contributed by atoms with Gasteiger partial charge in [-0.25, -0.2) is 0 Å². The van der Waals surface area contributed by atoms with Gasteiger partial charge in [0.2, 0.25) is 0 Å². The van der Waals surface area contributed by atoms with Gasteiger partial charge < -0.3 is 10.0 Å². The molecule has 1 saturated carbocycles. The molecule has 0 aromatic heterocycles. The Morgan fingerprint density at radius 1 is 1.17 bits per heavy atom. The lowest BCUT2D eigenvalue weighted by molar-refractivity contribution is 0.0844. The van der Waals surface area contributed by atoms with Crippen LogP contribution >= 0.6 is 0 Å². The van der Waals surface area contributed by atoms with E-state index >= 15 is 0 Å². The van der Waals surface area contributed by atoms with Crippen LogP contribution in [-0.2, 0) is 0 Å². The molecule has 0 bridgehead atoms. The van der Waals surface area contributed by atoms with E-state index in [0.29, 0.717) is 5.92 Å². The van der Waals surface area contributed by atoms with Gasteiger partial charge in [0.05, 0.1) is 6.10 Å². The van der Waals surface area contributed by atoms with Crippen LogP contribution in [-0.4, -0.2) is 36.8 Å². The molecule has 1 rings (SSSR count). The van der Waals surface area contributed by atoms with Gasteiger partial charge in [-0.05, 0) is 32.9 Å². The summed E-state index contributed by atoms with van der Waals surface area (Å²) < 4.78 is 0. The fraction of sp³-hybridized carbons (Fsp3) is 1.00. The Bertz CT molecular complexity index is 125. The molecular weight excluding hydrogens is 150 g/mol. The predicted octanol–water partition coefficient (Wildman–Crippen LogP) is 1.49. The van der Waals surface area contributed by atoms with Crippen molar-refractivity contribution in [3.63, 3.8) is 0 Å². The zero-order chi connectivity index (χ0) is 8.97. The summed E-state index contributed by atoms with van der Waals surface area (Å²) in [5.74, 6) is 0.516. The Morgan fingerprint density at radius 2 is 1.83 bits per heavy atom. The molecule has 2 atom stereocenters. The van der Waals surface area contributed by atoms with Crippen LogP contribution in [0.3, 0.4) is 0 Å². The highest BCUT2D eigenvalue weighted by Gasteiger charge is 2.21. The quantitative estimate of drug-likeness (QED) is 0.636. The molecule has 0 aromatic carbocycles. The van der Waals surface area contributed by atoms with Crippen molar-refractivity contribution in [2.75, 3.05) is 20.6 Å². The standard InChI is InChI=1S/C10H21NO/c1-11(2)8-9-6-4-3-5-7-10(9)12/h9-10,12H,3-8H2,1-2H3/t9-,10+/m0/s1. The Kier molecular flexibility index (Phi) is 4.02. The first-order valence-corrected chi connectivity index (χ1v) is 5.03. The van der Waals surface area contributed by atoms with Gasteiger partial charge in [0.25, 0.3) is 0 Å². The predicted molar refractivity (Wildman–Crippen MR) is 51.1 cm³/mol. The van der Waals surface area contributed by atoms with Gasteiger partial charge in [-0.1, -0.05) is 19.3 Å². The van der Waals surface area contributed by atoms with Crippen molar-refractivity contribution < 1.29 is 5.11 Å². The molecule has 1 fully saturated rings. The molecule has 2 heteroatoms. The third-order valence-corrected chi connectivity index (χ3v) is 2.72. The van der Waals surface area contributed by atoms with Crippen LogP contribution in [0.25, 0.3) is 0 Å². The monoisotopic (exact) mass is 171 g/mol. The first-order valence-electron chi connectivity index (χ1n) is 5.03. The second-order valence-electron chi connectivity index (χ2n) is 4.23. The largest absolute Gasteiger partial charge is 0.393 e. The molecule has 1 aliphatic carbocycles. The van der Waals surface area contributed by atoms with Gasteiger partial charge in [-0.15, -0.1) is 0 Å². The van der Waals surface area contributed by atoms with Crippen molar-refractivity contribution >= 4 is 0 Å². The Labute approximate surface area is 75.6 Å². The molecule has 0 spiro atoms. The van der Waals surface area contributed by atoms with E-state index < -0.39 is 0 Å². The summed E-state index contributed by atoms with van der Waals surface area (Å²) >= 11 is 0. The average molecular weight is 171 g/mol. The van der Waals surface area contributed by atoms with E-state index in [-0.39, 0.29) is 6.10 Å². The maximum atomic E-state index is 9.77. The van der Waals surface area contributed by atoms with Crippen LogP contribution in [0, 0.1) is 5.92 Å². The molecule has 0 unspecified atom stereocenters. The first kappa shape index (κ1) is 10.0. The first-order chi connectivity index (χ1) is 5.70. The third-order valence-electron chi connectivity index (χ3n) is 2.72. The van der Waals surface area contributed by atoms with E-state index in [0.717, 1.165) is 13.0 Å². The molecule has 0 heterocycles. The second kappa shape index (κ2) is 4.83. The Hall–Kier alpha value is -0.0800. The minimum absolute atomic E-state index is 0.0464. The molecule has 0 amide bonds. The van der Waals surface area contributed by atoms with Crippen LogP contribution in [0.2, 0.25) is 0 Å². The van der Waals surface area contributed by atoms with Crippen LogP contribution in [0.15, 0.2) is 0 Å². The summed E-state index contributed by atoms with van der Waals surface area (Å²) in [5.41, 5.74) is 0. The maximum absolute atomic E-state index is 9.77. The van der Waals surface area contributed by atoms with Gasteiger partial charge in [0.1, 0.15) is 0 Å². The number of aliphatic hydroxyl groups is 1. The van der Waals surface area contributed by atoms with Gasteiger partial charge in [0.15, 0.2) is 0 Å². The van der Waals surface area contributed by atoms with E-state index in [1.165, 1.54) is 25.7 Å². The van der Waals surface area contributed by atoms with Crippen molar-refractivity contribution in [3.8, 4) is 0 Å². The molecular formula is C10H21NO. The Morgan fingerprint density at radius 3 is 2.50 bits per heavy atom. The third kappa shape index (κ3) is 3.11. The summed E-state index contributed by atoms with van der Waals surface area (Å²) in [4.78, 5) is 2.18.